The van der Waals surface area contributed by atoms with Gasteiger partial charge in [0.2, 0.25) is 11.8 Å². The minimum absolute atomic E-state index is 0.137. The highest BCUT2D eigenvalue weighted by Crippen LogP contribution is 2.36. The average molecular weight is 845 g/mol. The number of aromatic nitrogens is 6. The van der Waals surface area contributed by atoms with Gasteiger partial charge in [0, 0.05) is 107 Å². The smallest absolute Gasteiger partial charge is 0.255 e. The van der Waals surface area contributed by atoms with Crippen LogP contribution in [-0.4, -0.2) is 121 Å². The highest BCUT2D eigenvalue weighted by atomic mass is 19.1. The Labute approximate surface area is 359 Å². The molecule has 0 bridgehead atoms. The maximum Gasteiger partial charge on any atom is 0.255 e. The number of nitrogen functional groups attached to an aromatic ring is 1. The molecule has 3 saturated heterocycles. The zero-order chi connectivity index (χ0) is 43.1. The maximum absolute atomic E-state index is 14.5. The number of nitrogens with zero attached hydrogens (tertiary/aromatic N) is 10. The number of aryl methyl sites for hydroxylation is 2. The molecule has 0 aliphatic carbocycles. The van der Waals surface area contributed by atoms with Crippen LogP contribution in [0.2, 0.25) is 0 Å². The van der Waals surface area contributed by atoms with E-state index < -0.39 is 12.1 Å². The first-order valence-electron chi connectivity index (χ1n) is 21.6. The zero-order valence-electron chi connectivity index (χ0n) is 35.5. The van der Waals surface area contributed by atoms with Gasteiger partial charge in [-0.25, -0.2) is 9.37 Å². The molecule has 2 atom stereocenters. The second-order valence-electron chi connectivity index (χ2n) is 17.0. The third-order valence-electron chi connectivity index (χ3n) is 12.9. The van der Waals surface area contributed by atoms with Crippen LogP contribution in [0.5, 0.6) is 5.75 Å². The van der Waals surface area contributed by atoms with Gasteiger partial charge in [0.05, 0.1) is 24.6 Å². The molecule has 3 N–H and O–H groups in total. The Hall–Kier alpha value is -6.20. The number of halogens is 1. The molecular weight excluding hydrogens is 792 g/mol. The van der Waals surface area contributed by atoms with E-state index in [-0.39, 0.29) is 35.8 Å². The monoisotopic (exact) mass is 844 g/mol. The zero-order valence-corrected chi connectivity index (χ0v) is 35.5. The second kappa shape index (κ2) is 17.3. The Bertz CT molecular complexity index is 2490. The molecule has 17 heteroatoms. The van der Waals surface area contributed by atoms with Gasteiger partial charge in [0.25, 0.3) is 5.91 Å². The number of piperidine rings is 2. The van der Waals surface area contributed by atoms with Crippen molar-refractivity contribution in [1.29, 1.82) is 0 Å². The molecule has 7 heterocycles. The van der Waals surface area contributed by atoms with Crippen LogP contribution < -0.4 is 20.7 Å². The lowest BCUT2D eigenvalue weighted by atomic mass is 9.95. The SMILES string of the molecule is Cc1cnn(CCN2CCN(CC3CCN(c4ccc5c(c4)CN(C4CCC(=O)NC4=O)C5=O)CC3)CC2)c1-c1cnc(N)c(O[C@H](C)c2cc(F)ccc2-c2cnn(C)n2)c1. The maximum atomic E-state index is 14.5. The average Bonchev–Trinajstić information content (AvgIpc) is 3.97. The van der Waals surface area contributed by atoms with Crippen molar-refractivity contribution >= 4 is 29.2 Å². The Balaban J connectivity index is 0.755. The summed E-state index contributed by atoms with van der Waals surface area (Å²) in [6, 6.07) is 11.9. The van der Waals surface area contributed by atoms with Crippen LogP contribution >= 0.6 is 0 Å². The molecule has 3 amide bonds. The van der Waals surface area contributed by atoms with Crippen molar-refractivity contribution in [3.05, 3.63) is 89.1 Å². The molecule has 0 saturated carbocycles. The van der Waals surface area contributed by atoms with Crippen molar-refractivity contribution < 1.29 is 23.5 Å². The lowest BCUT2D eigenvalue weighted by Crippen LogP contribution is -2.52. The minimum atomic E-state index is -0.603. The number of rotatable bonds is 12. The van der Waals surface area contributed by atoms with Crippen molar-refractivity contribution in [2.24, 2.45) is 13.0 Å². The summed E-state index contributed by atoms with van der Waals surface area (Å²) in [5, 5.41) is 15.7. The number of carbonyl (C=O) groups excluding carboxylic acids is 3. The lowest BCUT2D eigenvalue weighted by molar-refractivity contribution is -0.136. The number of pyridine rings is 1. The molecule has 16 nitrogen and oxygen atoms in total. The quantitative estimate of drug-likeness (QED) is 0.172. The van der Waals surface area contributed by atoms with Crippen molar-refractivity contribution in [1.82, 2.24) is 49.8 Å². The number of benzene rings is 2. The number of hydrogen-bond acceptors (Lipinski definition) is 12. The van der Waals surface area contributed by atoms with Gasteiger partial charge in [0.1, 0.15) is 23.7 Å². The standard InChI is InChI=1S/C45H53FN12O4/c1-28-23-50-58(42(28)31-21-40(43(47)48-24-31)62-29(2)37-22-33(46)4-6-36(37)38-25-49-53(3)52-38)19-18-54-14-16-55(17-15-54)26-30-10-12-56(13-11-30)34-5-7-35-32(20-34)27-57(45(35)61)39-8-9-41(59)51-44(39)60/h4-7,20-25,29-30,39H,8-19,26-27H2,1-3H3,(H2,47,48)(H,51,59,60)/t29-,39?/m1/s1. The molecule has 3 aromatic heterocycles. The molecule has 5 aromatic rings. The van der Waals surface area contributed by atoms with Gasteiger partial charge in [-0.05, 0) is 92.6 Å². The van der Waals surface area contributed by atoms with Gasteiger partial charge in [-0.15, -0.1) is 0 Å². The highest BCUT2D eigenvalue weighted by Gasteiger charge is 2.39. The number of imide groups is 1. The second-order valence-corrected chi connectivity index (χ2v) is 17.0. The lowest BCUT2D eigenvalue weighted by Gasteiger charge is -2.39. The molecule has 4 aliphatic rings. The fraction of sp³-hybridized carbons (Fsp3) is 0.444. The fourth-order valence-corrected chi connectivity index (χ4v) is 9.46. The molecule has 9 rings (SSSR count). The van der Waals surface area contributed by atoms with E-state index in [1.807, 2.05) is 42.9 Å². The number of fused-ring (bicyclic) bond motifs is 1. The first-order valence-corrected chi connectivity index (χ1v) is 21.6. The Morgan fingerprint density at radius 3 is 2.44 bits per heavy atom. The topological polar surface area (TPSA) is 173 Å². The van der Waals surface area contributed by atoms with Crippen LogP contribution in [-0.2, 0) is 29.7 Å². The van der Waals surface area contributed by atoms with Crippen molar-refractivity contribution in [2.75, 3.05) is 63.0 Å². The minimum Gasteiger partial charge on any atom is -0.482 e. The molecule has 1 unspecified atom stereocenters. The first kappa shape index (κ1) is 41.2. The Kier molecular flexibility index (Phi) is 11.5. The van der Waals surface area contributed by atoms with Crippen LogP contribution in [0.1, 0.15) is 65.8 Å². The number of ether oxygens (including phenoxy) is 1. The van der Waals surface area contributed by atoms with E-state index in [2.05, 4.69) is 41.3 Å². The molecule has 4 aliphatic heterocycles. The third-order valence-corrected chi connectivity index (χ3v) is 12.9. The van der Waals surface area contributed by atoms with E-state index >= 15 is 0 Å². The Morgan fingerprint density at radius 1 is 0.903 bits per heavy atom. The fourth-order valence-electron chi connectivity index (χ4n) is 9.46. The number of hydrogen-bond donors (Lipinski definition) is 2. The van der Waals surface area contributed by atoms with Crippen LogP contribution in [0.3, 0.4) is 0 Å². The third kappa shape index (κ3) is 8.50. The largest absolute Gasteiger partial charge is 0.482 e. The summed E-state index contributed by atoms with van der Waals surface area (Å²) in [6.45, 7) is 12.9. The van der Waals surface area contributed by atoms with Crippen molar-refractivity contribution in [2.45, 2.75) is 64.8 Å². The normalized spacial score (nSPS) is 19.5. The summed E-state index contributed by atoms with van der Waals surface area (Å²) in [7, 11) is 1.73. The van der Waals surface area contributed by atoms with E-state index in [0.717, 1.165) is 105 Å². The Morgan fingerprint density at radius 2 is 1.68 bits per heavy atom. The molecular formula is C45H53FN12O4. The molecule has 62 heavy (non-hydrogen) atoms. The van der Waals surface area contributed by atoms with Gasteiger partial charge in [-0.1, -0.05) is 0 Å². The van der Waals surface area contributed by atoms with Gasteiger partial charge < -0.3 is 25.2 Å². The number of amides is 3. The number of anilines is 2. The van der Waals surface area contributed by atoms with Gasteiger partial charge in [-0.2, -0.15) is 20.1 Å². The van der Waals surface area contributed by atoms with E-state index in [9.17, 15) is 18.8 Å². The molecule has 3 fully saturated rings. The van der Waals surface area contributed by atoms with Crippen LogP contribution in [0.15, 0.2) is 61.1 Å². The van der Waals surface area contributed by atoms with E-state index in [1.54, 1.807) is 30.4 Å². The summed E-state index contributed by atoms with van der Waals surface area (Å²) in [6.07, 6.45) is 7.54. The summed E-state index contributed by atoms with van der Waals surface area (Å²) in [4.78, 5) is 52.4. The van der Waals surface area contributed by atoms with Crippen molar-refractivity contribution in [3.63, 3.8) is 0 Å². The van der Waals surface area contributed by atoms with Crippen LogP contribution in [0.25, 0.3) is 22.5 Å². The van der Waals surface area contributed by atoms with Crippen LogP contribution in [0.4, 0.5) is 15.9 Å². The summed E-state index contributed by atoms with van der Waals surface area (Å²) >= 11 is 0. The molecule has 324 valence electrons. The first-order chi connectivity index (χ1) is 30.0. The van der Waals surface area contributed by atoms with Gasteiger partial charge in [-0.3, -0.25) is 29.3 Å². The highest BCUT2D eigenvalue weighted by molar-refractivity contribution is 6.05. The number of piperazine rings is 1. The summed E-state index contributed by atoms with van der Waals surface area (Å²) in [5.41, 5.74) is 13.8. The van der Waals surface area contributed by atoms with Crippen LogP contribution in [0, 0.1) is 18.7 Å². The summed E-state index contributed by atoms with van der Waals surface area (Å²) in [5.74, 6) is 0.0972. The summed E-state index contributed by atoms with van der Waals surface area (Å²) < 4.78 is 22.9. The molecule has 0 radical (unpaired) electrons. The molecule has 2 aromatic carbocycles. The predicted molar refractivity (Wildman–Crippen MR) is 230 cm³/mol. The van der Waals surface area contributed by atoms with E-state index in [4.69, 9.17) is 15.6 Å². The predicted octanol–water partition coefficient (Wildman–Crippen LogP) is 4.21. The van der Waals surface area contributed by atoms with E-state index in [1.165, 1.54) is 16.9 Å². The number of nitrogens with two attached hydrogens (primary N) is 1. The van der Waals surface area contributed by atoms with Gasteiger partial charge in [0.15, 0.2) is 11.6 Å². The number of nitrogens with one attached hydrogen (secondary N) is 1. The van der Waals surface area contributed by atoms with Gasteiger partial charge >= 0.3 is 0 Å². The molecule has 0 spiro atoms. The van der Waals surface area contributed by atoms with E-state index in [0.29, 0.717) is 41.5 Å². The van der Waals surface area contributed by atoms with Crippen molar-refractivity contribution in [3.8, 4) is 28.3 Å². The number of carbonyl (C=O) groups is 3.